The monoisotopic (exact) mass is 281 g/mol. The molecule has 2 N–H and O–H groups in total. The molecule has 3 rings (SSSR count). The van der Waals surface area contributed by atoms with Crippen LogP contribution in [0.1, 0.15) is 35.6 Å². The number of hydrogen-bond donors (Lipinski definition) is 2. The van der Waals surface area contributed by atoms with E-state index in [0.29, 0.717) is 0 Å². The van der Waals surface area contributed by atoms with Crippen LogP contribution in [0.25, 0.3) is 0 Å². The van der Waals surface area contributed by atoms with Crippen molar-refractivity contribution in [2.24, 2.45) is 0 Å². The van der Waals surface area contributed by atoms with Gasteiger partial charge in [-0.2, -0.15) is 0 Å². The highest BCUT2D eigenvalue weighted by Gasteiger charge is 2.35. The normalized spacial score (nSPS) is 20.3. The summed E-state index contributed by atoms with van der Waals surface area (Å²) in [5, 5.41) is 14.6. The molecule has 0 aliphatic carbocycles. The summed E-state index contributed by atoms with van der Waals surface area (Å²) in [6.07, 6.45) is 1.95. The van der Waals surface area contributed by atoms with Crippen molar-refractivity contribution in [3.05, 3.63) is 64.7 Å². The first kappa shape index (κ1) is 14.2. The summed E-state index contributed by atoms with van der Waals surface area (Å²) in [5.41, 5.74) is 5.01. The number of hydrogen-bond acceptors (Lipinski definition) is 2. The molecule has 21 heavy (non-hydrogen) atoms. The third kappa shape index (κ3) is 2.68. The van der Waals surface area contributed by atoms with Crippen molar-refractivity contribution < 1.29 is 5.11 Å². The minimum Gasteiger partial charge on any atom is -0.383 e. The summed E-state index contributed by atoms with van der Waals surface area (Å²) in [6.45, 7) is 6.08. The Morgan fingerprint density at radius 2 is 1.76 bits per heavy atom. The molecule has 0 radical (unpaired) electrons. The molecule has 0 saturated carbocycles. The minimum absolute atomic E-state index is 0.0357. The smallest absolute Gasteiger partial charge is 0.107 e. The summed E-state index contributed by atoms with van der Waals surface area (Å²) in [5.74, 6) is 0. The number of para-hydroxylation sites is 1. The first-order valence-corrected chi connectivity index (χ1v) is 7.62. The van der Waals surface area contributed by atoms with Crippen LogP contribution in [0.15, 0.2) is 42.5 Å². The molecule has 2 aromatic rings. The van der Waals surface area contributed by atoms with E-state index < -0.39 is 5.60 Å². The highest BCUT2D eigenvalue weighted by molar-refractivity contribution is 5.54. The third-order valence-electron chi connectivity index (χ3n) is 4.53. The van der Waals surface area contributed by atoms with Gasteiger partial charge in [0.15, 0.2) is 0 Å². The van der Waals surface area contributed by atoms with E-state index >= 15 is 0 Å². The lowest BCUT2D eigenvalue weighted by Gasteiger charge is -2.38. The number of fused-ring (bicyclic) bond motifs is 1. The van der Waals surface area contributed by atoms with Crippen molar-refractivity contribution in [1.29, 1.82) is 0 Å². The van der Waals surface area contributed by atoms with Crippen LogP contribution in [0.2, 0.25) is 0 Å². The van der Waals surface area contributed by atoms with Gasteiger partial charge < -0.3 is 10.4 Å². The quantitative estimate of drug-likeness (QED) is 0.874. The molecule has 1 aliphatic rings. The molecule has 2 aromatic carbocycles. The van der Waals surface area contributed by atoms with Gasteiger partial charge in [-0.1, -0.05) is 47.5 Å². The van der Waals surface area contributed by atoms with Crippen LogP contribution >= 0.6 is 0 Å². The van der Waals surface area contributed by atoms with Gasteiger partial charge in [0.05, 0.1) is 6.04 Å². The van der Waals surface area contributed by atoms with Crippen LogP contribution in [0.3, 0.4) is 0 Å². The summed E-state index contributed by atoms with van der Waals surface area (Å²) in [4.78, 5) is 0. The average molecular weight is 281 g/mol. The van der Waals surface area contributed by atoms with Crippen molar-refractivity contribution in [2.75, 3.05) is 5.32 Å². The Kier molecular flexibility index (Phi) is 3.50. The summed E-state index contributed by atoms with van der Waals surface area (Å²) < 4.78 is 0. The molecule has 1 aliphatic heterocycles. The number of anilines is 1. The van der Waals surface area contributed by atoms with Gasteiger partial charge in [0, 0.05) is 5.69 Å². The fourth-order valence-electron chi connectivity index (χ4n) is 3.33. The van der Waals surface area contributed by atoms with Crippen molar-refractivity contribution >= 4 is 5.69 Å². The second-order valence-electron chi connectivity index (χ2n) is 6.42. The molecule has 0 bridgehead atoms. The molecule has 0 spiro atoms. The van der Waals surface area contributed by atoms with Gasteiger partial charge in [0.25, 0.3) is 0 Å². The zero-order valence-corrected chi connectivity index (χ0v) is 13.0. The minimum atomic E-state index is -0.871. The molecular formula is C19H23NO. The lowest BCUT2D eigenvalue weighted by atomic mass is 9.81. The number of rotatable bonds is 2. The van der Waals surface area contributed by atoms with E-state index in [9.17, 15) is 5.11 Å². The van der Waals surface area contributed by atoms with Crippen LogP contribution in [-0.2, 0) is 12.0 Å². The maximum atomic E-state index is 11.1. The molecule has 1 heterocycles. The van der Waals surface area contributed by atoms with Gasteiger partial charge >= 0.3 is 0 Å². The number of nitrogens with one attached hydrogen (secondary N) is 1. The highest BCUT2D eigenvalue weighted by Crippen LogP contribution is 2.35. The summed E-state index contributed by atoms with van der Waals surface area (Å²) in [7, 11) is 0. The first-order valence-electron chi connectivity index (χ1n) is 7.62. The molecule has 0 fully saturated rings. The van der Waals surface area contributed by atoms with E-state index in [1.807, 2.05) is 13.0 Å². The Hall–Kier alpha value is -1.80. The standard InChI is InChI=1S/C19H23NO/c1-13-10-14(2)12-16(11-13)19(3,21)18-9-8-15-6-4-5-7-17(15)20-18/h4-7,10-12,18,20-21H,8-9H2,1-3H3. The third-order valence-corrected chi connectivity index (χ3v) is 4.53. The Morgan fingerprint density at radius 3 is 2.48 bits per heavy atom. The molecule has 2 atom stereocenters. The fourth-order valence-corrected chi connectivity index (χ4v) is 3.33. The lowest BCUT2D eigenvalue weighted by Crippen LogP contribution is -2.44. The van der Waals surface area contributed by atoms with E-state index in [4.69, 9.17) is 0 Å². The van der Waals surface area contributed by atoms with Gasteiger partial charge in [-0.05, 0) is 50.8 Å². The van der Waals surface area contributed by atoms with E-state index in [0.717, 1.165) is 24.1 Å². The molecule has 2 nitrogen and oxygen atoms in total. The molecule has 0 amide bonds. The average Bonchev–Trinajstić information content (AvgIpc) is 2.45. The second kappa shape index (κ2) is 5.19. The fraction of sp³-hybridized carbons (Fsp3) is 0.368. The second-order valence-corrected chi connectivity index (χ2v) is 6.42. The van der Waals surface area contributed by atoms with Crippen LogP contribution in [0.5, 0.6) is 0 Å². The number of benzene rings is 2. The zero-order chi connectivity index (χ0) is 15.0. The Labute approximate surface area is 126 Å². The SMILES string of the molecule is Cc1cc(C)cc(C(C)(O)C2CCc3ccccc3N2)c1. The van der Waals surface area contributed by atoms with E-state index in [2.05, 4.69) is 55.6 Å². The molecule has 0 aromatic heterocycles. The Morgan fingerprint density at radius 1 is 1.10 bits per heavy atom. The first-order chi connectivity index (χ1) is 9.96. The van der Waals surface area contributed by atoms with Crippen LogP contribution < -0.4 is 5.32 Å². The molecule has 2 unspecified atom stereocenters. The summed E-state index contributed by atoms with van der Waals surface area (Å²) in [6, 6.07) is 14.7. The van der Waals surface area contributed by atoms with E-state index in [1.54, 1.807) is 0 Å². The van der Waals surface area contributed by atoms with Crippen LogP contribution in [-0.4, -0.2) is 11.1 Å². The number of aliphatic hydroxyl groups is 1. The zero-order valence-electron chi connectivity index (χ0n) is 13.0. The number of aryl methyl sites for hydroxylation is 3. The Bertz CT molecular complexity index is 640. The van der Waals surface area contributed by atoms with Crippen molar-refractivity contribution in [1.82, 2.24) is 0 Å². The van der Waals surface area contributed by atoms with Crippen molar-refractivity contribution in [3.63, 3.8) is 0 Å². The van der Waals surface area contributed by atoms with Crippen molar-refractivity contribution in [2.45, 2.75) is 45.3 Å². The van der Waals surface area contributed by atoms with Gasteiger partial charge in [0.2, 0.25) is 0 Å². The van der Waals surface area contributed by atoms with Crippen LogP contribution in [0.4, 0.5) is 5.69 Å². The molecule has 0 saturated heterocycles. The maximum Gasteiger partial charge on any atom is 0.107 e. The predicted octanol–water partition coefficient (Wildman–Crippen LogP) is 3.94. The molecular weight excluding hydrogens is 258 g/mol. The van der Waals surface area contributed by atoms with Gasteiger partial charge in [0.1, 0.15) is 5.60 Å². The van der Waals surface area contributed by atoms with Crippen LogP contribution in [0, 0.1) is 13.8 Å². The molecule has 110 valence electrons. The van der Waals surface area contributed by atoms with Gasteiger partial charge in [-0.15, -0.1) is 0 Å². The molecule has 2 heteroatoms. The Balaban J connectivity index is 1.92. The summed E-state index contributed by atoms with van der Waals surface area (Å²) >= 11 is 0. The maximum absolute atomic E-state index is 11.1. The predicted molar refractivity (Wildman–Crippen MR) is 87.7 cm³/mol. The topological polar surface area (TPSA) is 32.3 Å². The largest absolute Gasteiger partial charge is 0.383 e. The van der Waals surface area contributed by atoms with Crippen molar-refractivity contribution in [3.8, 4) is 0 Å². The lowest BCUT2D eigenvalue weighted by molar-refractivity contribution is 0.0321. The van der Waals surface area contributed by atoms with E-state index in [1.165, 1.54) is 16.7 Å². The highest BCUT2D eigenvalue weighted by atomic mass is 16.3. The van der Waals surface area contributed by atoms with E-state index in [-0.39, 0.29) is 6.04 Å². The van der Waals surface area contributed by atoms with Gasteiger partial charge in [-0.3, -0.25) is 0 Å². The van der Waals surface area contributed by atoms with Gasteiger partial charge in [-0.25, -0.2) is 0 Å².